The van der Waals surface area contributed by atoms with Crippen molar-refractivity contribution < 1.29 is 14.2 Å². The molecule has 1 heterocycles. The molecule has 2 atom stereocenters. The molecule has 0 saturated carbocycles. The summed E-state index contributed by atoms with van der Waals surface area (Å²) < 4.78 is 18.6. The van der Waals surface area contributed by atoms with Crippen molar-refractivity contribution in [2.75, 3.05) is 12.0 Å². The molecule has 0 radical (unpaired) electrons. The number of aryl methyl sites for hydroxylation is 1. The van der Waals surface area contributed by atoms with Crippen LogP contribution in [0.25, 0.3) is 11.1 Å². The van der Waals surface area contributed by atoms with Gasteiger partial charge in [0.05, 0.1) is 19.2 Å². The number of hydrogen-bond acceptors (Lipinski definition) is 3. The SMILES string of the molecule is COc1ccc([C@@H]2[C@@H](CCCCc3ccc(F)cc3)NC(=S)N2c2ccc(-c3ccccc3)cc2)c(O)c1. The van der Waals surface area contributed by atoms with E-state index in [9.17, 15) is 9.50 Å². The van der Waals surface area contributed by atoms with Crippen LogP contribution < -0.4 is 15.0 Å². The van der Waals surface area contributed by atoms with Gasteiger partial charge in [-0.05, 0) is 84.6 Å². The van der Waals surface area contributed by atoms with Crippen molar-refractivity contribution in [2.45, 2.75) is 37.8 Å². The van der Waals surface area contributed by atoms with E-state index in [0.29, 0.717) is 10.9 Å². The summed E-state index contributed by atoms with van der Waals surface area (Å²) in [7, 11) is 1.59. The lowest BCUT2D eigenvalue weighted by Crippen LogP contribution is -2.29. The molecule has 0 unspecified atom stereocenters. The van der Waals surface area contributed by atoms with Crippen LogP contribution in [0.3, 0.4) is 0 Å². The number of phenolic OH excluding ortho intramolecular Hbond substituents is 1. The molecule has 1 aliphatic rings. The topological polar surface area (TPSA) is 44.7 Å². The lowest BCUT2D eigenvalue weighted by atomic mass is 9.93. The third-order valence-corrected chi connectivity index (χ3v) is 7.45. The van der Waals surface area contributed by atoms with Crippen LogP contribution in [0, 0.1) is 5.82 Å². The molecule has 2 N–H and O–H groups in total. The molecule has 0 aromatic heterocycles. The molecule has 194 valence electrons. The third-order valence-electron chi connectivity index (χ3n) is 7.14. The van der Waals surface area contributed by atoms with Crippen LogP contribution in [-0.2, 0) is 6.42 Å². The average Bonchev–Trinajstić information content (AvgIpc) is 3.27. The van der Waals surface area contributed by atoms with Gasteiger partial charge in [-0.25, -0.2) is 4.39 Å². The van der Waals surface area contributed by atoms with E-state index in [1.165, 1.54) is 12.1 Å². The number of benzene rings is 4. The van der Waals surface area contributed by atoms with E-state index in [1.54, 1.807) is 13.2 Å². The molecule has 4 aromatic rings. The van der Waals surface area contributed by atoms with Gasteiger partial charge in [-0.3, -0.25) is 0 Å². The second-order valence-electron chi connectivity index (χ2n) is 9.58. The quantitative estimate of drug-likeness (QED) is 0.175. The van der Waals surface area contributed by atoms with Gasteiger partial charge < -0.3 is 20.1 Å². The fourth-order valence-electron chi connectivity index (χ4n) is 5.17. The summed E-state index contributed by atoms with van der Waals surface area (Å²) >= 11 is 5.84. The van der Waals surface area contributed by atoms with Crippen LogP contribution in [0.4, 0.5) is 10.1 Å². The molecule has 1 saturated heterocycles. The van der Waals surface area contributed by atoms with E-state index in [1.807, 2.05) is 42.5 Å². The van der Waals surface area contributed by atoms with Gasteiger partial charge >= 0.3 is 0 Å². The smallest absolute Gasteiger partial charge is 0.174 e. The van der Waals surface area contributed by atoms with Crippen molar-refractivity contribution in [3.63, 3.8) is 0 Å². The highest BCUT2D eigenvalue weighted by molar-refractivity contribution is 7.80. The van der Waals surface area contributed by atoms with Crippen molar-refractivity contribution in [2.24, 2.45) is 0 Å². The minimum absolute atomic E-state index is 0.0174. The van der Waals surface area contributed by atoms with Gasteiger partial charge in [0.15, 0.2) is 5.11 Å². The van der Waals surface area contributed by atoms with E-state index in [4.69, 9.17) is 17.0 Å². The number of thiocarbonyl (C=S) groups is 1. The molecule has 4 nitrogen and oxygen atoms in total. The van der Waals surface area contributed by atoms with Gasteiger partial charge in [-0.15, -0.1) is 0 Å². The molecular formula is C32H31FN2O2S. The van der Waals surface area contributed by atoms with Crippen molar-refractivity contribution in [3.8, 4) is 22.6 Å². The monoisotopic (exact) mass is 526 g/mol. The molecular weight excluding hydrogens is 495 g/mol. The Morgan fingerprint density at radius 3 is 2.29 bits per heavy atom. The Kier molecular flexibility index (Phi) is 7.89. The lowest BCUT2D eigenvalue weighted by Gasteiger charge is -2.29. The maximum atomic E-state index is 13.2. The Bertz CT molecular complexity index is 1380. The number of unbranched alkanes of at least 4 members (excludes halogenated alkanes) is 1. The Labute approximate surface area is 228 Å². The second kappa shape index (κ2) is 11.7. The zero-order valence-electron chi connectivity index (χ0n) is 21.3. The zero-order valence-corrected chi connectivity index (χ0v) is 22.1. The average molecular weight is 527 g/mol. The molecule has 6 heteroatoms. The highest BCUT2D eigenvalue weighted by atomic mass is 32.1. The molecule has 1 fully saturated rings. The van der Waals surface area contributed by atoms with Crippen molar-refractivity contribution in [1.29, 1.82) is 0 Å². The Morgan fingerprint density at radius 1 is 0.895 bits per heavy atom. The Hall–Kier alpha value is -3.90. The minimum Gasteiger partial charge on any atom is -0.507 e. The fraction of sp³-hybridized carbons (Fsp3) is 0.219. The maximum absolute atomic E-state index is 13.2. The van der Waals surface area contributed by atoms with Crippen LogP contribution in [0.5, 0.6) is 11.5 Å². The molecule has 0 amide bonds. The summed E-state index contributed by atoms with van der Waals surface area (Å²) in [5, 5.41) is 15.1. The van der Waals surface area contributed by atoms with Crippen molar-refractivity contribution >= 4 is 23.0 Å². The Balaban J connectivity index is 1.38. The highest BCUT2D eigenvalue weighted by Crippen LogP contribution is 2.41. The van der Waals surface area contributed by atoms with Crippen LogP contribution >= 0.6 is 12.2 Å². The second-order valence-corrected chi connectivity index (χ2v) is 9.97. The predicted octanol–water partition coefficient (Wildman–Crippen LogP) is 7.42. The molecule has 0 aliphatic carbocycles. The standard InChI is InChI=1S/C32H31FN2O2S/c1-37-27-19-20-28(30(36)21-27)31-29(10-6-5-7-22-11-15-25(33)16-12-22)34-32(38)35(31)26-17-13-24(14-18-26)23-8-3-2-4-9-23/h2-4,8-9,11-21,29,31,36H,5-7,10H2,1H3,(H,34,38)/t29-,31-/m1/s1. The summed E-state index contributed by atoms with van der Waals surface area (Å²) in [4.78, 5) is 2.11. The van der Waals surface area contributed by atoms with E-state index < -0.39 is 0 Å². The molecule has 5 rings (SSSR count). The lowest BCUT2D eigenvalue weighted by molar-refractivity contribution is 0.402. The number of phenols is 1. The summed E-state index contributed by atoms with van der Waals surface area (Å²) in [6.45, 7) is 0. The first-order chi connectivity index (χ1) is 18.5. The van der Waals surface area contributed by atoms with Crippen LogP contribution in [-0.4, -0.2) is 23.4 Å². The molecule has 0 bridgehead atoms. The molecule has 1 aliphatic heterocycles. The van der Waals surface area contributed by atoms with Gasteiger partial charge in [0.2, 0.25) is 0 Å². The summed E-state index contributed by atoms with van der Waals surface area (Å²) in [6.07, 6.45) is 3.70. The number of methoxy groups -OCH3 is 1. The van der Waals surface area contributed by atoms with Crippen LogP contribution in [0.1, 0.15) is 36.4 Å². The third kappa shape index (κ3) is 5.65. The van der Waals surface area contributed by atoms with E-state index in [0.717, 1.165) is 53.6 Å². The first-order valence-corrected chi connectivity index (χ1v) is 13.3. The fourth-order valence-corrected chi connectivity index (χ4v) is 5.54. The first kappa shape index (κ1) is 25.7. The van der Waals surface area contributed by atoms with E-state index in [2.05, 4.69) is 46.6 Å². The summed E-state index contributed by atoms with van der Waals surface area (Å²) in [5.74, 6) is 0.578. The number of halogens is 1. The van der Waals surface area contributed by atoms with Gasteiger partial charge in [-0.2, -0.15) is 0 Å². The van der Waals surface area contributed by atoms with Crippen molar-refractivity contribution in [1.82, 2.24) is 5.32 Å². The van der Waals surface area contributed by atoms with E-state index in [-0.39, 0.29) is 23.7 Å². The molecule has 0 spiro atoms. The minimum atomic E-state index is -0.212. The number of ether oxygens (including phenoxy) is 1. The number of rotatable bonds is 9. The van der Waals surface area contributed by atoms with Gasteiger partial charge in [0.1, 0.15) is 17.3 Å². The number of anilines is 1. The van der Waals surface area contributed by atoms with Crippen LogP contribution in [0.2, 0.25) is 0 Å². The van der Waals surface area contributed by atoms with Gasteiger partial charge in [0.25, 0.3) is 0 Å². The number of hydrogen-bond donors (Lipinski definition) is 2. The Morgan fingerprint density at radius 2 is 1.61 bits per heavy atom. The first-order valence-electron chi connectivity index (χ1n) is 12.9. The zero-order chi connectivity index (χ0) is 26.5. The van der Waals surface area contributed by atoms with Crippen LogP contribution in [0.15, 0.2) is 97.1 Å². The summed E-state index contributed by atoms with van der Waals surface area (Å²) in [5.41, 5.74) is 5.19. The number of nitrogens with zero attached hydrogens (tertiary/aromatic N) is 1. The van der Waals surface area contributed by atoms with Gasteiger partial charge in [0, 0.05) is 17.3 Å². The summed E-state index contributed by atoms with van der Waals surface area (Å²) in [6, 6.07) is 30.6. The van der Waals surface area contributed by atoms with Gasteiger partial charge in [-0.1, -0.05) is 61.0 Å². The number of nitrogens with one attached hydrogen (secondary N) is 1. The normalized spacial score (nSPS) is 16.9. The van der Waals surface area contributed by atoms with E-state index >= 15 is 0 Å². The largest absolute Gasteiger partial charge is 0.507 e. The molecule has 4 aromatic carbocycles. The van der Waals surface area contributed by atoms with Crippen molar-refractivity contribution in [3.05, 3.63) is 114 Å². The molecule has 38 heavy (non-hydrogen) atoms. The maximum Gasteiger partial charge on any atom is 0.174 e. The number of aromatic hydroxyl groups is 1. The highest BCUT2D eigenvalue weighted by Gasteiger charge is 2.40. The predicted molar refractivity (Wildman–Crippen MR) is 155 cm³/mol.